The molecule has 0 spiro atoms. The molecule has 0 aliphatic heterocycles. The van der Waals surface area contributed by atoms with Gasteiger partial charge in [0, 0.05) is 21.9 Å². The molecule has 0 fully saturated rings. The highest BCUT2D eigenvalue weighted by Crippen LogP contribution is 2.36. The molecule has 2 aromatic rings. The van der Waals surface area contributed by atoms with E-state index >= 15 is 0 Å². The van der Waals surface area contributed by atoms with Crippen molar-refractivity contribution >= 4 is 17.4 Å². The number of nitro benzene ring substituents is 1. The zero-order valence-electron chi connectivity index (χ0n) is 11.8. The fourth-order valence-corrected chi connectivity index (χ4v) is 3.09. The fourth-order valence-electron chi connectivity index (χ4n) is 1.94. The van der Waals surface area contributed by atoms with Gasteiger partial charge in [0.15, 0.2) is 0 Å². The summed E-state index contributed by atoms with van der Waals surface area (Å²) in [5.74, 6) is 0. The van der Waals surface area contributed by atoms with Crippen LogP contribution in [0.15, 0.2) is 58.3 Å². The standard InChI is InChI=1S/C16H17NO2S/c1-16(2,3)14-6-4-5-7-15(14)20-13-10-8-12(9-11-13)17(18)19/h4-11H,1-3H3. The molecule has 3 nitrogen and oxygen atoms in total. The largest absolute Gasteiger partial charge is 0.269 e. The molecule has 104 valence electrons. The predicted octanol–water partition coefficient (Wildman–Crippen LogP) is 5.04. The lowest BCUT2D eigenvalue weighted by molar-refractivity contribution is -0.384. The second kappa shape index (κ2) is 5.67. The first-order chi connectivity index (χ1) is 9.38. The number of nitro groups is 1. The quantitative estimate of drug-likeness (QED) is 0.586. The molecule has 4 heteroatoms. The normalized spacial score (nSPS) is 11.3. The lowest BCUT2D eigenvalue weighted by Crippen LogP contribution is -2.12. The van der Waals surface area contributed by atoms with E-state index in [9.17, 15) is 10.1 Å². The lowest BCUT2D eigenvalue weighted by Gasteiger charge is -2.22. The fraction of sp³-hybridized carbons (Fsp3) is 0.250. The van der Waals surface area contributed by atoms with E-state index in [1.165, 1.54) is 10.5 Å². The summed E-state index contributed by atoms with van der Waals surface area (Å²) in [5.41, 5.74) is 1.48. The highest BCUT2D eigenvalue weighted by atomic mass is 32.2. The van der Waals surface area contributed by atoms with E-state index in [2.05, 4.69) is 32.9 Å². The van der Waals surface area contributed by atoms with E-state index in [0.717, 1.165) is 4.90 Å². The minimum atomic E-state index is -0.377. The van der Waals surface area contributed by atoms with Crippen LogP contribution in [0.5, 0.6) is 0 Å². The number of hydrogen-bond donors (Lipinski definition) is 0. The van der Waals surface area contributed by atoms with E-state index < -0.39 is 0 Å². The number of rotatable bonds is 3. The van der Waals surface area contributed by atoms with Crippen LogP contribution in [0.25, 0.3) is 0 Å². The Morgan fingerprint density at radius 1 is 1.00 bits per heavy atom. The third-order valence-corrected chi connectivity index (χ3v) is 4.05. The van der Waals surface area contributed by atoms with Gasteiger partial charge in [-0.2, -0.15) is 0 Å². The monoisotopic (exact) mass is 287 g/mol. The minimum absolute atomic E-state index is 0.0738. The molecule has 2 aromatic carbocycles. The van der Waals surface area contributed by atoms with Crippen LogP contribution in [0.2, 0.25) is 0 Å². The smallest absolute Gasteiger partial charge is 0.258 e. The Morgan fingerprint density at radius 3 is 2.15 bits per heavy atom. The van der Waals surface area contributed by atoms with Gasteiger partial charge in [-0.25, -0.2) is 0 Å². The summed E-state index contributed by atoms with van der Waals surface area (Å²) in [6.07, 6.45) is 0. The first kappa shape index (κ1) is 14.6. The maximum atomic E-state index is 10.7. The van der Waals surface area contributed by atoms with Crippen molar-refractivity contribution in [2.45, 2.75) is 36.0 Å². The van der Waals surface area contributed by atoms with Crippen LogP contribution >= 0.6 is 11.8 Å². The number of nitrogens with zero attached hydrogens (tertiary/aromatic N) is 1. The first-order valence-electron chi connectivity index (χ1n) is 6.40. The zero-order valence-corrected chi connectivity index (χ0v) is 12.6. The number of hydrogen-bond acceptors (Lipinski definition) is 3. The zero-order chi connectivity index (χ0) is 14.8. The molecule has 0 heterocycles. The van der Waals surface area contributed by atoms with Gasteiger partial charge in [-0.15, -0.1) is 0 Å². The summed E-state index contributed by atoms with van der Waals surface area (Å²) in [6.45, 7) is 6.55. The molecule has 0 unspecified atom stereocenters. The Bertz CT molecular complexity index is 615. The van der Waals surface area contributed by atoms with Crippen molar-refractivity contribution < 1.29 is 4.92 Å². The van der Waals surface area contributed by atoms with Crippen molar-refractivity contribution in [3.63, 3.8) is 0 Å². The van der Waals surface area contributed by atoms with Crippen LogP contribution < -0.4 is 0 Å². The molecule has 0 saturated heterocycles. The average molecular weight is 287 g/mol. The summed E-state index contributed by atoms with van der Waals surface area (Å²) in [6, 6.07) is 15.0. The summed E-state index contributed by atoms with van der Waals surface area (Å²) in [5, 5.41) is 10.7. The van der Waals surface area contributed by atoms with Crippen molar-refractivity contribution in [2.24, 2.45) is 0 Å². The Hall–Kier alpha value is -1.81. The predicted molar refractivity (Wildman–Crippen MR) is 82.4 cm³/mol. The molecule has 0 saturated carbocycles. The molecule has 0 aromatic heterocycles. The van der Waals surface area contributed by atoms with Crippen LogP contribution in [-0.4, -0.2) is 4.92 Å². The van der Waals surface area contributed by atoms with Gasteiger partial charge in [0.25, 0.3) is 5.69 Å². The van der Waals surface area contributed by atoms with Crippen molar-refractivity contribution in [3.05, 3.63) is 64.2 Å². The van der Waals surface area contributed by atoms with Crippen molar-refractivity contribution in [1.29, 1.82) is 0 Å². The SMILES string of the molecule is CC(C)(C)c1ccccc1Sc1ccc([N+](=O)[O-])cc1. The van der Waals surface area contributed by atoms with Crippen LogP contribution in [-0.2, 0) is 5.41 Å². The van der Waals surface area contributed by atoms with Gasteiger partial charge in [-0.05, 0) is 29.2 Å². The Morgan fingerprint density at radius 2 is 1.60 bits per heavy atom. The molecule has 0 aliphatic carbocycles. The second-order valence-electron chi connectivity index (χ2n) is 5.60. The van der Waals surface area contributed by atoms with Gasteiger partial charge in [-0.3, -0.25) is 10.1 Å². The van der Waals surface area contributed by atoms with Crippen molar-refractivity contribution in [1.82, 2.24) is 0 Å². The van der Waals surface area contributed by atoms with Crippen molar-refractivity contribution in [2.75, 3.05) is 0 Å². The third kappa shape index (κ3) is 3.39. The van der Waals surface area contributed by atoms with Crippen LogP contribution in [0.1, 0.15) is 26.3 Å². The first-order valence-corrected chi connectivity index (χ1v) is 7.21. The molecule has 0 bridgehead atoms. The second-order valence-corrected chi connectivity index (χ2v) is 6.71. The van der Waals surface area contributed by atoms with Gasteiger partial charge in [0.05, 0.1) is 4.92 Å². The summed E-state index contributed by atoms with van der Waals surface area (Å²) in [7, 11) is 0. The maximum absolute atomic E-state index is 10.7. The molecular formula is C16H17NO2S. The van der Waals surface area contributed by atoms with Crippen LogP contribution in [0.4, 0.5) is 5.69 Å². The Kier molecular flexibility index (Phi) is 4.14. The molecule has 0 amide bonds. The average Bonchev–Trinajstić information content (AvgIpc) is 2.38. The maximum Gasteiger partial charge on any atom is 0.269 e. The molecule has 20 heavy (non-hydrogen) atoms. The Labute approximate surface area is 123 Å². The van der Waals surface area contributed by atoms with Gasteiger partial charge in [-0.1, -0.05) is 50.7 Å². The molecule has 0 radical (unpaired) electrons. The van der Waals surface area contributed by atoms with E-state index in [4.69, 9.17) is 0 Å². The molecule has 0 atom stereocenters. The van der Waals surface area contributed by atoms with E-state index in [-0.39, 0.29) is 16.0 Å². The topological polar surface area (TPSA) is 43.1 Å². The highest BCUT2D eigenvalue weighted by molar-refractivity contribution is 7.99. The summed E-state index contributed by atoms with van der Waals surface area (Å²) in [4.78, 5) is 12.5. The Balaban J connectivity index is 2.28. The van der Waals surface area contributed by atoms with Gasteiger partial charge in [0.2, 0.25) is 0 Å². The van der Waals surface area contributed by atoms with Crippen LogP contribution in [0, 0.1) is 10.1 Å². The third-order valence-electron chi connectivity index (χ3n) is 2.97. The van der Waals surface area contributed by atoms with Gasteiger partial charge < -0.3 is 0 Å². The highest BCUT2D eigenvalue weighted by Gasteiger charge is 2.18. The summed E-state index contributed by atoms with van der Waals surface area (Å²) >= 11 is 1.64. The molecular weight excluding hydrogens is 270 g/mol. The molecule has 0 aliphatic rings. The number of non-ortho nitro benzene ring substituents is 1. The van der Waals surface area contributed by atoms with E-state index in [1.807, 2.05) is 12.1 Å². The van der Waals surface area contributed by atoms with Gasteiger partial charge in [0.1, 0.15) is 0 Å². The van der Waals surface area contributed by atoms with Crippen LogP contribution in [0.3, 0.4) is 0 Å². The number of benzene rings is 2. The summed E-state index contributed by atoms with van der Waals surface area (Å²) < 4.78 is 0. The van der Waals surface area contributed by atoms with Crippen molar-refractivity contribution in [3.8, 4) is 0 Å². The van der Waals surface area contributed by atoms with Gasteiger partial charge >= 0.3 is 0 Å². The minimum Gasteiger partial charge on any atom is -0.258 e. The molecule has 0 N–H and O–H groups in total. The van der Waals surface area contributed by atoms with E-state index in [0.29, 0.717) is 0 Å². The molecule has 2 rings (SSSR count). The van der Waals surface area contributed by atoms with E-state index in [1.54, 1.807) is 36.0 Å². The lowest BCUT2D eigenvalue weighted by atomic mass is 9.87.